The Morgan fingerprint density at radius 2 is 0.889 bits per heavy atom. The van der Waals surface area contributed by atoms with Gasteiger partial charge >= 0.3 is 0 Å². The minimum absolute atomic E-state index is 0.0106. The fourth-order valence-corrected chi connectivity index (χ4v) is 5.49. The number of hydrogen-bond donors (Lipinski definition) is 0. The van der Waals surface area contributed by atoms with Crippen LogP contribution >= 0.6 is 69.6 Å². The van der Waals surface area contributed by atoms with E-state index in [0.717, 1.165) is 6.08 Å². The van der Waals surface area contributed by atoms with E-state index in [4.69, 9.17) is 98.0 Å². The maximum absolute atomic E-state index is 13.9. The van der Waals surface area contributed by atoms with E-state index >= 15 is 0 Å². The van der Waals surface area contributed by atoms with Crippen LogP contribution in [0.25, 0.3) is 0 Å². The van der Waals surface area contributed by atoms with Crippen molar-refractivity contribution in [2.45, 2.75) is 39.9 Å². The second kappa shape index (κ2) is 14.6. The van der Waals surface area contributed by atoms with Crippen LogP contribution < -0.4 is 28.4 Å². The molecule has 0 N–H and O–H groups in total. The Kier molecular flexibility index (Phi) is 11.3. The molecule has 0 bridgehead atoms. The predicted octanol–water partition coefficient (Wildman–Crippen LogP) is 9.97. The van der Waals surface area contributed by atoms with Crippen LogP contribution in [0.5, 0.6) is 34.5 Å². The maximum atomic E-state index is 13.9. The molecule has 0 aliphatic heterocycles. The van der Waals surface area contributed by atoms with Crippen LogP contribution in [-0.2, 0) is 9.59 Å². The van der Waals surface area contributed by atoms with Crippen molar-refractivity contribution in [3.63, 3.8) is 0 Å². The number of rotatable bonds is 11. The molecule has 3 aromatic carbocycles. The number of hydrogen-bond acceptors (Lipinski definition) is 8. The van der Waals surface area contributed by atoms with E-state index in [0.29, 0.717) is 17.2 Å². The van der Waals surface area contributed by atoms with Gasteiger partial charge in [-0.25, -0.2) is 0 Å². The maximum Gasteiger partial charge on any atom is 0.267 e. The van der Waals surface area contributed by atoms with Gasteiger partial charge in [-0.2, -0.15) is 0 Å². The zero-order valence-electron chi connectivity index (χ0n) is 24.2. The normalized spacial score (nSPS) is 13.3. The fraction of sp³-hybridized carbons (Fsp3) is 0.226. The first kappa shape index (κ1) is 34.9. The summed E-state index contributed by atoms with van der Waals surface area (Å²) in [4.78, 5) is 27.4. The fourth-order valence-electron chi connectivity index (χ4n) is 3.86. The van der Waals surface area contributed by atoms with Gasteiger partial charge in [-0.05, 0) is 27.7 Å². The zero-order chi connectivity index (χ0) is 33.2. The zero-order valence-corrected chi connectivity index (χ0v) is 28.8. The summed E-state index contributed by atoms with van der Waals surface area (Å²) in [6.45, 7) is 7.29. The number of benzene rings is 3. The summed E-state index contributed by atoms with van der Waals surface area (Å²) in [6.07, 6.45) is 0.534. The Morgan fingerprint density at radius 1 is 0.533 bits per heavy atom. The molecular formula is C31H24Cl6O8. The van der Waals surface area contributed by atoms with Crippen molar-refractivity contribution in [3.05, 3.63) is 89.9 Å². The number of carbonyl (C=O) groups is 2. The Labute approximate surface area is 289 Å². The van der Waals surface area contributed by atoms with Crippen LogP contribution in [0.4, 0.5) is 0 Å². The number of carbonyl (C=O) groups excluding carboxylic acids is 2. The molecule has 0 spiro atoms. The highest BCUT2D eigenvalue weighted by Gasteiger charge is 2.37. The Hall–Kier alpha value is -2.98. The lowest BCUT2D eigenvalue weighted by molar-refractivity contribution is -0.120. The average Bonchev–Trinajstić information content (AvgIpc) is 2.92. The second-order valence-electron chi connectivity index (χ2n) is 9.85. The van der Waals surface area contributed by atoms with E-state index < -0.39 is 28.8 Å². The summed E-state index contributed by atoms with van der Waals surface area (Å²) < 4.78 is 33.9. The highest BCUT2D eigenvalue weighted by molar-refractivity contribution is 6.39. The van der Waals surface area contributed by atoms with Crippen LogP contribution in [0, 0.1) is 0 Å². The molecule has 0 atom stereocenters. The molecule has 3 aromatic rings. The van der Waals surface area contributed by atoms with Crippen molar-refractivity contribution in [3.8, 4) is 34.5 Å². The summed E-state index contributed by atoms with van der Waals surface area (Å²) in [5.74, 6) is -2.94. The molecule has 238 valence electrons. The smallest absolute Gasteiger partial charge is 0.267 e. The predicted molar refractivity (Wildman–Crippen MR) is 174 cm³/mol. The van der Waals surface area contributed by atoms with E-state index in [-0.39, 0.29) is 59.6 Å². The van der Waals surface area contributed by atoms with Crippen molar-refractivity contribution < 1.29 is 38.0 Å². The summed E-state index contributed by atoms with van der Waals surface area (Å²) in [5, 5.41) is -0.0888. The third kappa shape index (κ3) is 8.25. The first-order valence-corrected chi connectivity index (χ1v) is 15.4. The molecule has 0 heterocycles. The van der Waals surface area contributed by atoms with Crippen molar-refractivity contribution in [2.75, 3.05) is 7.11 Å². The van der Waals surface area contributed by atoms with Crippen LogP contribution in [0.2, 0.25) is 30.1 Å². The summed E-state index contributed by atoms with van der Waals surface area (Å²) in [7, 11) is 1.42. The minimum Gasteiger partial charge on any atom is -0.497 e. The SMILES string of the molecule is COc1cc(Cl)c(OC2=C(Oc3c(Cl)cc(OC(C)C)cc3Cl)C(=O)C(Oc3c(Cl)cc(OC(C)C)cc3Cl)=CC2=O)c(Cl)c1. The monoisotopic (exact) mass is 734 g/mol. The Morgan fingerprint density at radius 3 is 1.27 bits per heavy atom. The molecular weight excluding hydrogens is 713 g/mol. The molecule has 14 heteroatoms. The molecule has 45 heavy (non-hydrogen) atoms. The molecule has 0 aromatic heterocycles. The van der Waals surface area contributed by atoms with Crippen LogP contribution in [0.15, 0.2) is 59.8 Å². The molecule has 1 aliphatic carbocycles. The molecule has 0 unspecified atom stereocenters. The highest BCUT2D eigenvalue weighted by atomic mass is 35.5. The molecule has 0 fully saturated rings. The number of methoxy groups -OCH3 is 1. The van der Waals surface area contributed by atoms with Gasteiger partial charge < -0.3 is 28.4 Å². The number of Topliss-reactive ketones (excluding diaryl/α,β-unsaturated/α-hetero) is 1. The van der Waals surface area contributed by atoms with Crippen molar-refractivity contribution in [2.24, 2.45) is 0 Å². The van der Waals surface area contributed by atoms with Crippen LogP contribution in [0.3, 0.4) is 0 Å². The van der Waals surface area contributed by atoms with E-state index in [9.17, 15) is 9.59 Å². The summed E-state index contributed by atoms with van der Waals surface area (Å²) in [5.41, 5.74) is 0. The van der Waals surface area contributed by atoms with E-state index in [2.05, 4.69) is 0 Å². The first-order valence-electron chi connectivity index (χ1n) is 13.1. The van der Waals surface area contributed by atoms with Gasteiger partial charge in [0, 0.05) is 42.5 Å². The van der Waals surface area contributed by atoms with Gasteiger partial charge in [-0.15, -0.1) is 0 Å². The van der Waals surface area contributed by atoms with Gasteiger partial charge in [-0.3, -0.25) is 9.59 Å². The topological polar surface area (TPSA) is 89.5 Å². The van der Waals surface area contributed by atoms with Gasteiger partial charge in [-0.1, -0.05) is 69.6 Å². The molecule has 0 amide bonds. The molecule has 1 aliphatic rings. The lowest BCUT2D eigenvalue weighted by Gasteiger charge is -2.22. The number of ether oxygens (including phenoxy) is 6. The third-order valence-corrected chi connectivity index (χ3v) is 7.32. The van der Waals surface area contributed by atoms with Crippen molar-refractivity contribution in [1.82, 2.24) is 0 Å². The molecule has 4 rings (SSSR count). The molecule has 0 radical (unpaired) electrons. The molecule has 0 saturated carbocycles. The highest BCUT2D eigenvalue weighted by Crippen LogP contribution is 2.43. The van der Waals surface area contributed by atoms with Gasteiger partial charge in [0.15, 0.2) is 23.0 Å². The average molecular weight is 737 g/mol. The largest absolute Gasteiger partial charge is 0.497 e. The third-order valence-electron chi connectivity index (χ3n) is 5.64. The van der Waals surface area contributed by atoms with Crippen LogP contribution in [-0.4, -0.2) is 30.9 Å². The Balaban J connectivity index is 1.79. The molecule has 8 nitrogen and oxygen atoms in total. The van der Waals surface area contributed by atoms with Crippen molar-refractivity contribution >= 4 is 81.2 Å². The number of halogens is 6. The van der Waals surface area contributed by atoms with Gasteiger partial charge in [0.2, 0.25) is 17.3 Å². The van der Waals surface area contributed by atoms with Gasteiger partial charge in [0.1, 0.15) is 17.2 Å². The standard InChI is InChI=1S/C31H24Cl6O8/c1-13(2)41-16-8-20(34)27(21(35)9-16)43-25-12-24(38)30(44-28-18(32)6-15(40-5)7-19(28)33)31(26(25)39)45-29-22(36)10-17(11-23(29)37)42-14(3)4/h6-14H,1-5H3. The molecule has 0 saturated heterocycles. The van der Waals surface area contributed by atoms with Crippen LogP contribution in [0.1, 0.15) is 27.7 Å². The first-order chi connectivity index (χ1) is 21.2. The Bertz CT molecular complexity index is 1660. The van der Waals surface area contributed by atoms with E-state index in [1.54, 1.807) is 0 Å². The summed E-state index contributed by atoms with van der Waals surface area (Å²) in [6, 6.07) is 8.58. The van der Waals surface area contributed by atoms with E-state index in [1.165, 1.54) is 43.5 Å². The number of ketones is 2. The minimum atomic E-state index is -0.949. The van der Waals surface area contributed by atoms with Crippen molar-refractivity contribution in [1.29, 1.82) is 0 Å². The van der Waals surface area contributed by atoms with E-state index in [1.807, 2.05) is 27.7 Å². The van der Waals surface area contributed by atoms with Gasteiger partial charge in [0.25, 0.3) is 5.78 Å². The quantitative estimate of drug-likeness (QED) is 0.180. The number of allylic oxidation sites excluding steroid dienone is 1. The summed E-state index contributed by atoms with van der Waals surface area (Å²) >= 11 is 38.5. The lowest BCUT2D eigenvalue weighted by Crippen LogP contribution is -2.28. The lowest BCUT2D eigenvalue weighted by atomic mass is 10.1. The second-order valence-corrected chi connectivity index (χ2v) is 12.3. The van der Waals surface area contributed by atoms with Gasteiger partial charge in [0.05, 0.1) is 49.5 Å².